The lowest BCUT2D eigenvalue weighted by Gasteiger charge is -2.26. The Morgan fingerprint density at radius 1 is 1.00 bits per heavy atom. The van der Waals surface area contributed by atoms with Gasteiger partial charge in [0.15, 0.2) is 0 Å². The summed E-state index contributed by atoms with van der Waals surface area (Å²) >= 11 is 0. The van der Waals surface area contributed by atoms with Crippen molar-refractivity contribution in [1.82, 2.24) is 9.47 Å². The van der Waals surface area contributed by atoms with Gasteiger partial charge in [0.25, 0.3) is 0 Å². The summed E-state index contributed by atoms with van der Waals surface area (Å²) < 4.78 is 7.54. The molecular weight excluding hydrogens is 362 g/mol. The zero-order chi connectivity index (χ0) is 21.0. The van der Waals surface area contributed by atoms with Crippen LogP contribution in [-0.2, 0) is 20.1 Å². The summed E-state index contributed by atoms with van der Waals surface area (Å²) in [6.07, 6.45) is 3.63. The Morgan fingerprint density at radius 3 is 2.21 bits per heavy atom. The number of benzene rings is 1. The highest BCUT2D eigenvalue weighted by atomic mass is 16.3. The number of carbonyl (C=O) groups excluding carboxylic acids is 1. The van der Waals surface area contributed by atoms with Crippen LogP contribution in [0.25, 0.3) is 0 Å². The fourth-order valence-corrected chi connectivity index (χ4v) is 3.53. The first-order chi connectivity index (χ1) is 13.9. The molecule has 2 amide bonds. The van der Waals surface area contributed by atoms with Gasteiger partial charge in [0.1, 0.15) is 5.76 Å². The zero-order valence-electron chi connectivity index (χ0n) is 18.0. The number of carbonyl (C=O) groups is 1. The summed E-state index contributed by atoms with van der Waals surface area (Å²) in [5.74, 6) is 1.39. The number of anilines is 1. The van der Waals surface area contributed by atoms with Crippen LogP contribution in [-0.4, -0.2) is 15.5 Å². The third-order valence-electron chi connectivity index (χ3n) is 5.22. The highest BCUT2D eigenvalue weighted by molar-refractivity contribution is 5.91. The number of amides is 2. The first-order valence-electron chi connectivity index (χ1n) is 10.2. The number of nitrogens with one attached hydrogen (secondary N) is 1. The summed E-state index contributed by atoms with van der Waals surface area (Å²) in [5.41, 5.74) is 4.30. The second-order valence-electron chi connectivity index (χ2n) is 8.10. The second kappa shape index (κ2) is 9.03. The lowest BCUT2D eigenvalue weighted by molar-refractivity contribution is 0.200. The lowest BCUT2D eigenvalue weighted by Crippen LogP contribution is -2.35. The van der Waals surface area contributed by atoms with Crippen molar-refractivity contribution < 1.29 is 9.21 Å². The van der Waals surface area contributed by atoms with Gasteiger partial charge >= 0.3 is 6.03 Å². The molecule has 2 aromatic heterocycles. The summed E-state index contributed by atoms with van der Waals surface area (Å²) in [5, 5.41) is 3.22. The number of aromatic nitrogens is 1. The van der Waals surface area contributed by atoms with Crippen molar-refractivity contribution >= 4 is 11.7 Å². The molecule has 0 unspecified atom stereocenters. The molecule has 0 bridgehead atoms. The van der Waals surface area contributed by atoms with Crippen LogP contribution < -0.4 is 5.32 Å². The molecule has 0 aliphatic heterocycles. The smallest absolute Gasteiger partial charge is 0.322 e. The average molecular weight is 394 g/mol. The predicted octanol–water partition coefficient (Wildman–Crippen LogP) is 6.10. The second-order valence-corrected chi connectivity index (χ2v) is 8.10. The largest absolute Gasteiger partial charge is 0.467 e. The van der Waals surface area contributed by atoms with Gasteiger partial charge in [-0.15, -0.1) is 0 Å². The van der Waals surface area contributed by atoms with E-state index in [1.54, 1.807) is 11.2 Å². The van der Waals surface area contributed by atoms with E-state index in [2.05, 4.69) is 51.2 Å². The monoisotopic (exact) mass is 393 g/mol. The van der Waals surface area contributed by atoms with E-state index in [4.69, 9.17) is 4.42 Å². The first-order valence-corrected chi connectivity index (χ1v) is 10.2. The van der Waals surface area contributed by atoms with Gasteiger partial charge in [-0.05, 0) is 47.2 Å². The van der Waals surface area contributed by atoms with E-state index in [9.17, 15) is 4.79 Å². The average Bonchev–Trinajstić information content (AvgIpc) is 3.33. The summed E-state index contributed by atoms with van der Waals surface area (Å²) in [7, 11) is 1.99. The number of nitrogens with zero attached hydrogens (tertiary/aromatic N) is 2. The maximum Gasteiger partial charge on any atom is 0.322 e. The molecule has 0 saturated heterocycles. The molecule has 0 fully saturated rings. The lowest BCUT2D eigenvalue weighted by atomic mass is 9.93. The number of aryl methyl sites for hydroxylation is 1. The van der Waals surface area contributed by atoms with Crippen LogP contribution >= 0.6 is 0 Å². The minimum atomic E-state index is -0.127. The fourth-order valence-electron chi connectivity index (χ4n) is 3.53. The topological polar surface area (TPSA) is 50.4 Å². The first kappa shape index (κ1) is 20.8. The maximum atomic E-state index is 13.4. The van der Waals surface area contributed by atoms with Crippen LogP contribution in [0.4, 0.5) is 10.5 Å². The standard InChI is InChI=1S/C24H31N3O2/c1-17(2)21-11-6-12-22(18(3)4)23(21)25-24(28)27(16-20-10-8-14-29-20)15-19-9-7-13-26(19)5/h6-14,17-18H,15-16H2,1-5H3,(H,25,28). The van der Waals surface area contributed by atoms with Crippen LogP contribution in [0.15, 0.2) is 59.3 Å². The molecule has 29 heavy (non-hydrogen) atoms. The van der Waals surface area contributed by atoms with Crippen LogP contribution in [0.3, 0.4) is 0 Å². The van der Waals surface area contributed by atoms with Gasteiger partial charge in [-0.3, -0.25) is 0 Å². The maximum absolute atomic E-state index is 13.4. The molecule has 2 heterocycles. The number of furan rings is 1. The molecule has 0 aliphatic carbocycles. The molecule has 0 aliphatic rings. The van der Waals surface area contributed by atoms with E-state index in [0.29, 0.717) is 24.9 Å². The van der Waals surface area contributed by atoms with Gasteiger partial charge in [-0.2, -0.15) is 0 Å². The van der Waals surface area contributed by atoms with Crippen LogP contribution in [0.5, 0.6) is 0 Å². The normalized spacial score (nSPS) is 11.3. The number of urea groups is 1. The van der Waals surface area contributed by atoms with Gasteiger partial charge in [0.05, 0.1) is 19.4 Å². The molecule has 5 nitrogen and oxygen atoms in total. The van der Waals surface area contributed by atoms with Crippen LogP contribution in [0, 0.1) is 0 Å². The molecule has 3 aromatic rings. The SMILES string of the molecule is CC(C)c1cccc(C(C)C)c1NC(=O)N(Cc1ccco1)Cc1cccn1C. The number of hydrogen-bond donors (Lipinski definition) is 1. The molecule has 1 N–H and O–H groups in total. The molecule has 0 spiro atoms. The Hall–Kier alpha value is -2.95. The fraction of sp³-hybridized carbons (Fsp3) is 0.375. The van der Waals surface area contributed by atoms with E-state index >= 15 is 0 Å². The van der Waals surface area contributed by atoms with Crippen molar-refractivity contribution in [3.63, 3.8) is 0 Å². The molecule has 5 heteroatoms. The molecule has 0 atom stereocenters. The minimum absolute atomic E-state index is 0.127. The highest BCUT2D eigenvalue weighted by Crippen LogP contribution is 2.32. The summed E-state index contributed by atoms with van der Waals surface area (Å²) in [6, 6.07) is 13.9. The van der Waals surface area contributed by atoms with Gasteiger partial charge in [0, 0.05) is 24.6 Å². The van der Waals surface area contributed by atoms with Crippen LogP contribution in [0.2, 0.25) is 0 Å². The van der Waals surface area contributed by atoms with Crippen molar-refractivity contribution in [1.29, 1.82) is 0 Å². The Bertz CT molecular complexity index is 913. The highest BCUT2D eigenvalue weighted by Gasteiger charge is 2.21. The Balaban J connectivity index is 1.91. The summed E-state index contributed by atoms with van der Waals surface area (Å²) in [6.45, 7) is 9.51. The van der Waals surface area contributed by atoms with E-state index < -0.39 is 0 Å². The zero-order valence-corrected chi connectivity index (χ0v) is 18.0. The van der Waals surface area contributed by atoms with E-state index in [1.807, 2.05) is 42.1 Å². The molecule has 3 rings (SSSR count). The third kappa shape index (κ3) is 4.91. The molecule has 154 valence electrons. The van der Waals surface area contributed by atoms with Gasteiger partial charge in [-0.25, -0.2) is 4.79 Å². The van der Waals surface area contributed by atoms with Crippen molar-refractivity contribution in [3.05, 3.63) is 77.5 Å². The number of rotatable bonds is 7. The summed E-state index contributed by atoms with van der Waals surface area (Å²) in [4.78, 5) is 15.2. The predicted molar refractivity (Wildman–Crippen MR) is 117 cm³/mol. The molecule has 1 aromatic carbocycles. The van der Waals surface area contributed by atoms with Crippen molar-refractivity contribution in [2.45, 2.75) is 52.6 Å². The number of hydrogen-bond acceptors (Lipinski definition) is 2. The Morgan fingerprint density at radius 2 is 1.69 bits per heavy atom. The van der Waals surface area contributed by atoms with Gasteiger partial charge < -0.3 is 19.2 Å². The van der Waals surface area contributed by atoms with E-state index in [0.717, 1.165) is 28.3 Å². The minimum Gasteiger partial charge on any atom is -0.467 e. The Kier molecular flexibility index (Phi) is 6.47. The molecule has 0 radical (unpaired) electrons. The van der Waals surface area contributed by atoms with Crippen molar-refractivity contribution in [3.8, 4) is 0 Å². The van der Waals surface area contributed by atoms with Crippen molar-refractivity contribution in [2.24, 2.45) is 7.05 Å². The molecule has 0 saturated carbocycles. The van der Waals surface area contributed by atoms with Crippen molar-refractivity contribution in [2.75, 3.05) is 5.32 Å². The van der Waals surface area contributed by atoms with E-state index in [1.165, 1.54) is 0 Å². The third-order valence-corrected chi connectivity index (χ3v) is 5.22. The van der Waals surface area contributed by atoms with Gasteiger partial charge in [0.2, 0.25) is 0 Å². The molecular formula is C24H31N3O2. The Labute approximate surface area is 173 Å². The van der Waals surface area contributed by atoms with Crippen LogP contribution in [0.1, 0.15) is 62.1 Å². The van der Waals surface area contributed by atoms with Gasteiger partial charge in [-0.1, -0.05) is 45.9 Å². The number of para-hydroxylation sites is 1. The quantitative estimate of drug-likeness (QED) is 0.527. The van der Waals surface area contributed by atoms with E-state index in [-0.39, 0.29) is 6.03 Å².